The Hall–Kier alpha value is -3.11. The fraction of sp³-hybridized carbons (Fsp3) is 0.208. The van der Waals surface area contributed by atoms with Crippen LogP contribution in [-0.4, -0.2) is 11.0 Å². The quantitative estimate of drug-likeness (QED) is 0.667. The topological polar surface area (TPSA) is 66.6 Å². The van der Waals surface area contributed by atoms with Crippen molar-refractivity contribution in [2.75, 3.05) is 10.6 Å². The number of nitrogens with zero attached hydrogens (tertiary/aromatic N) is 1. The number of anilines is 2. The average molecular weight is 372 g/mol. The molecule has 1 amide bonds. The van der Waals surface area contributed by atoms with Gasteiger partial charge in [0.05, 0.1) is 12.2 Å². The molecule has 142 valence electrons. The predicted octanol–water partition coefficient (Wildman–Crippen LogP) is 3.94. The van der Waals surface area contributed by atoms with Crippen molar-refractivity contribution in [3.8, 4) is 0 Å². The van der Waals surface area contributed by atoms with Crippen molar-refractivity contribution in [3.05, 3.63) is 95.1 Å². The Bertz CT molecular complexity index is 1010. The number of hydrogen-bond donors (Lipinski definition) is 2. The summed E-state index contributed by atoms with van der Waals surface area (Å²) in [4.78, 5) is 15.0. The fourth-order valence-corrected chi connectivity index (χ4v) is 3.86. The Morgan fingerprint density at radius 3 is 2.46 bits per heavy atom. The zero-order chi connectivity index (χ0) is 19.7. The highest BCUT2D eigenvalue weighted by Gasteiger charge is 2.49. The monoisotopic (exact) mass is 372 g/mol. The molecule has 4 nitrogen and oxygen atoms in total. The summed E-state index contributed by atoms with van der Waals surface area (Å²) >= 11 is 0. The number of nitrogen functional groups attached to an aromatic ring is 1. The molecule has 0 aromatic heterocycles. The van der Waals surface area contributed by atoms with Gasteiger partial charge >= 0.3 is 0 Å². The van der Waals surface area contributed by atoms with E-state index in [-0.39, 0.29) is 5.91 Å². The highest BCUT2D eigenvalue weighted by atomic mass is 16.3. The first-order chi connectivity index (χ1) is 13.5. The minimum Gasteiger partial charge on any atom is -0.399 e. The summed E-state index contributed by atoms with van der Waals surface area (Å²) in [5.74, 6) is -0.266. The van der Waals surface area contributed by atoms with Gasteiger partial charge in [0.25, 0.3) is 5.91 Å². The number of fused-ring (bicyclic) bond motifs is 1. The third-order valence-corrected chi connectivity index (χ3v) is 5.43. The second kappa shape index (κ2) is 7.13. The molecule has 3 N–H and O–H groups in total. The lowest BCUT2D eigenvalue weighted by Gasteiger charge is -2.23. The molecule has 0 saturated carbocycles. The van der Waals surface area contributed by atoms with E-state index in [0.29, 0.717) is 30.6 Å². The number of rotatable bonds is 5. The molecule has 3 aromatic rings. The molecule has 0 radical (unpaired) electrons. The van der Waals surface area contributed by atoms with Gasteiger partial charge < -0.3 is 15.7 Å². The molecule has 1 aliphatic rings. The van der Waals surface area contributed by atoms with Crippen LogP contribution in [0.2, 0.25) is 0 Å². The Morgan fingerprint density at radius 2 is 1.71 bits per heavy atom. The van der Waals surface area contributed by atoms with Crippen molar-refractivity contribution in [2.45, 2.75) is 31.9 Å². The smallest absolute Gasteiger partial charge is 0.264 e. The van der Waals surface area contributed by atoms with E-state index in [9.17, 15) is 9.90 Å². The second-order valence-corrected chi connectivity index (χ2v) is 7.50. The van der Waals surface area contributed by atoms with E-state index in [1.54, 1.807) is 4.90 Å². The van der Waals surface area contributed by atoms with Gasteiger partial charge in [0.1, 0.15) is 0 Å². The van der Waals surface area contributed by atoms with Crippen LogP contribution in [0.4, 0.5) is 11.4 Å². The minimum absolute atomic E-state index is 0.266. The molecule has 4 rings (SSSR count). The van der Waals surface area contributed by atoms with Gasteiger partial charge in [-0.15, -0.1) is 0 Å². The second-order valence-electron chi connectivity index (χ2n) is 7.50. The van der Waals surface area contributed by atoms with Crippen LogP contribution in [0.5, 0.6) is 0 Å². The van der Waals surface area contributed by atoms with Crippen molar-refractivity contribution in [1.29, 1.82) is 0 Å². The molecule has 0 spiro atoms. The summed E-state index contributed by atoms with van der Waals surface area (Å²) in [7, 11) is 0. The number of aryl methyl sites for hydroxylation is 2. The number of carbonyl (C=O) groups is 1. The number of aliphatic hydroxyl groups is 1. The molecule has 1 aliphatic heterocycles. The number of nitrogens with two attached hydrogens (primary N) is 1. The molecule has 1 heterocycles. The van der Waals surface area contributed by atoms with Gasteiger partial charge in [-0.2, -0.15) is 0 Å². The Morgan fingerprint density at radius 1 is 0.964 bits per heavy atom. The van der Waals surface area contributed by atoms with Crippen molar-refractivity contribution in [2.24, 2.45) is 0 Å². The van der Waals surface area contributed by atoms with Crippen molar-refractivity contribution >= 4 is 17.3 Å². The highest BCUT2D eigenvalue weighted by Crippen LogP contribution is 2.43. The SMILES string of the molecule is Cc1ccc(CN2C(=O)C(O)(CCc3cccc(N)c3)c3ccccc32)cc1. The minimum atomic E-state index is -1.52. The summed E-state index contributed by atoms with van der Waals surface area (Å²) in [6.45, 7) is 2.48. The van der Waals surface area contributed by atoms with Crippen LogP contribution in [-0.2, 0) is 23.4 Å². The average Bonchev–Trinajstić information content (AvgIpc) is 2.91. The Kier molecular flexibility index (Phi) is 4.65. The molecular weight excluding hydrogens is 348 g/mol. The van der Waals surface area contributed by atoms with Crippen LogP contribution in [0, 0.1) is 6.92 Å². The van der Waals surface area contributed by atoms with E-state index in [0.717, 1.165) is 16.8 Å². The van der Waals surface area contributed by atoms with E-state index < -0.39 is 5.60 Å². The maximum Gasteiger partial charge on any atom is 0.264 e. The summed E-state index contributed by atoms with van der Waals surface area (Å²) in [6, 6.07) is 23.2. The molecule has 28 heavy (non-hydrogen) atoms. The number of amides is 1. The summed E-state index contributed by atoms with van der Waals surface area (Å²) in [5.41, 5.74) is 9.70. The molecular formula is C24H24N2O2. The van der Waals surface area contributed by atoms with E-state index in [1.165, 1.54) is 5.56 Å². The molecule has 4 heteroatoms. The number of hydrogen-bond acceptors (Lipinski definition) is 3. The lowest BCUT2D eigenvalue weighted by Crippen LogP contribution is -2.40. The standard InChI is InChI=1S/C24H24N2O2/c1-17-9-11-19(12-10-17)16-26-22-8-3-2-7-21(22)24(28,23(26)27)14-13-18-5-4-6-20(25)15-18/h2-12,15,28H,13-14,16,25H2,1H3. The van der Waals surface area contributed by atoms with Crippen LogP contribution in [0.25, 0.3) is 0 Å². The highest BCUT2D eigenvalue weighted by molar-refractivity contribution is 6.06. The maximum absolute atomic E-state index is 13.3. The first kappa shape index (κ1) is 18.3. The van der Waals surface area contributed by atoms with Crippen molar-refractivity contribution in [1.82, 2.24) is 0 Å². The van der Waals surface area contributed by atoms with Crippen LogP contribution in [0.3, 0.4) is 0 Å². The van der Waals surface area contributed by atoms with E-state index in [4.69, 9.17) is 5.73 Å². The molecule has 3 aromatic carbocycles. The lowest BCUT2D eigenvalue weighted by molar-refractivity contribution is -0.136. The zero-order valence-electron chi connectivity index (χ0n) is 15.9. The zero-order valence-corrected chi connectivity index (χ0v) is 15.9. The van der Waals surface area contributed by atoms with Gasteiger partial charge in [0.2, 0.25) is 0 Å². The lowest BCUT2D eigenvalue weighted by atomic mass is 9.89. The summed E-state index contributed by atoms with van der Waals surface area (Å²) < 4.78 is 0. The molecule has 0 aliphatic carbocycles. The third kappa shape index (κ3) is 3.27. The molecule has 0 fully saturated rings. The molecule has 0 saturated heterocycles. The fourth-order valence-electron chi connectivity index (χ4n) is 3.86. The normalized spacial score (nSPS) is 18.4. The van der Waals surface area contributed by atoms with Crippen molar-refractivity contribution in [3.63, 3.8) is 0 Å². The van der Waals surface area contributed by atoms with E-state index in [2.05, 4.69) is 0 Å². The number of para-hydroxylation sites is 1. The van der Waals surface area contributed by atoms with E-state index >= 15 is 0 Å². The summed E-state index contributed by atoms with van der Waals surface area (Å²) in [6.07, 6.45) is 0.886. The first-order valence-corrected chi connectivity index (χ1v) is 9.51. The van der Waals surface area contributed by atoms with Crippen molar-refractivity contribution < 1.29 is 9.90 Å². The predicted molar refractivity (Wildman–Crippen MR) is 112 cm³/mol. The van der Waals surface area contributed by atoms with Gasteiger partial charge in [-0.1, -0.05) is 60.2 Å². The number of carbonyl (C=O) groups excluding carboxylic acids is 1. The van der Waals surface area contributed by atoms with Crippen LogP contribution < -0.4 is 10.6 Å². The van der Waals surface area contributed by atoms with Gasteiger partial charge in [0, 0.05) is 11.3 Å². The Balaban J connectivity index is 1.62. The molecule has 1 atom stereocenters. The van der Waals surface area contributed by atoms with E-state index in [1.807, 2.05) is 79.7 Å². The van der Waals surface area contributed by atoms with Gasteiger partial charge in [-0.3, -0.25) is 4.79 Å². The van der Waals surface area contributed by atoms with Crippen LogP contribution in [0.1, 0.15) is 28.7 Å². The maximum atomic E-state index is 13.3. The summed E-state index contributed by atoms with van der Waals surface area (Å²) in [5, 5.41) is 11.4. The Labute approximate surface area is 165 Å². The van der Waals surface area contributed by atoms with Crippen LogP contribution in [0.15, 0.2) is 72.8 Å². The van der Waals surface area contributed by atoms with Crippen LogP contribution >= 0.6 is 0 Å². The largest absolute Gasteiger partial charge is 0.399 e. The molecule has 1 unspecified atom stereocenters. The van der Waals surface area contributed by atoms with Gasteiger partial charge in [0.15, 0.2) is 5.60 Å². The van der Waals surface area contributed by atoms with Gasteiger partial charge in [-0.05, 0) is 49.1 Å². The first-order valence-electron chi connectivity index (χ1n) is 9.51. The molecule has 0 bridgehead atoms. The van der Waals surface area contributed by atoms with Gasteiger partial charge in [-0.25, -0.2) is 0 Å². The number of benzene rings is 3. The third-order valence-electron chi connectivity index (χ3n) is 5.43.